The third-order valence-corrected chi connectivity index (χ3v) is 3.66. The van der Waals surface area contributed by atoms with Crippen LogP contribution in [0.1, 0.15) is 29.7 Å². The Kier molecular flexibility index (Phi) is 4.73. The molecule has 1 N–H and O–H groups in total. The molecule has 0 aromatic heterocycles. The summed E-state index contributed by atoms with van der Waals surface area (Å²) in [4.78, 5) is 0. The minimum Gasteiger partial charge on any atom is -0.307 e. The number of halogens is 3. The van der Waals surface area contributed by atoms with Crippen LogP contribution < -0.4 is 5.32 Å². The van der Waals surface area contributed by atoms with Crippen LogP contribution >= 0.6 is 11.6 Å². The molecule has 1 nitrogen and oxygen atoms in total. The van der Waals surface area contributed by atoms with Gasteiger partial charge in [0.05, 0.1) is 6.04 Å². The second kappa shape index (κ2) is 6.33. The number of nitrogens with one attached hydrogen (secondary N) is 1. The van der Waals surface area contributed by atoms with Crippen molar-refractivity contribution in [3.63, 3.8) is 0 Å². The summed E-state index contributed by atoms with van der Waals surface area (Å²) in [6, 6.07) is 8.83. The van der Waals surface area contributed by atoms with E-state index in [9.17, 15) is 8.78 Å². The van der Waals surface area contributed by atoms with Crippen LogP contribution in [-0.4, -0.2) is 6.54 Å². The van der Waals surface area contributed by atoms with E-state index >= 15 is 0 Å². The summed E-state index contributed by atoms with van der Waals surface area (Å²) >= 11 is 6.13. The van der Waals surface area contributed by atoms with Crippen molar-refractivity contribution < 1.29 is 8.78 Å². The summed E-state index contributed by atoms with van der Waals surface area (Å²) in [5.41, 5.74) is 2.38. The van der Waals surface area contributed by atoms with Crippen molar-refractivity contribution in [3.8, 4) is 0 Å². The maximum atomic E-state index is 13.4. The normalized spacial score (nSPS) is 12.4. The quantitative estimate of drug-likeness (QED) is 0.867. The van der Waals surface area contributed by atoms with Gasteiger partial charge in [-0.2, -0.15) is 0 Å². The molecule has 4 heteroatoms. The van der Waals surface area contributed by atoms with E-state index in [-0.39, 0.29) is 6.04 Å². The van der Waals surface area contributed by atoms with Gasteiger partial charge in [0, 0.05) is 11.1 Å². The Morgan fingerprint density at radius 2 is 1.80 bits per heavy atom. The summed E-state index contributed by atoms with van der Waals surface area (Å²) in [6.07, 6.45) is 0. The zero-order valence-electron chi connectivity index (χ0n) is 11.4. The molecule has 2 aromatic rings. The molecule has 0 saturated carbocycles. The zero-order chi connectivity index (χ0) is 14.7. The summed E-state index contributed by atoms with van der Waals surface area (Å²) in [6.45, 7) is 4.52. The van der Waals surface area contributed by atoms with Gasteiger partial charge < -0.3 is 5.32 Å². The summed E-state index contributed by atoms with van der Waals surface area (Å²) in [7, 11) is 0. The van der Waals surface area contributed by atoms with Crippen molar-refractivity contribution in [2.45, 2.75) is 19.9 Å². The van der Waals surface area contributed by atoms with E-state index in [2.05, 4.69) is 5.32 Å². The lowest BCUT2D eigenvalue weighted by atomic mass is 9.94. The average Bonchev–Trinajstić information content (AvgIpc) is 2.38. The van der Waals surface area contributed by atoms with E-state index in [0.29, 0.717) is 17.1 Å². The minimum atomic E-state index is -0.581. The molecule has 0 fully saturated rings. The molecule has 106 valence electrons. The first kappa shape index (κ1) is 14.9. The van der Waals surface area contributed by atoms with Crippen LogP contribution in [0.25, 0.3) is 0 Å². The predicted molar refractivity (Wildman–Crippen MR) is 78.1 cm³/mol. The Morgan fingerprint density at radius 3 is 2.40 bits per heavy atom. The van der Waals surface area contributed by atoms with Gasteiger partial charge in [-0.3, -0.25) is 0 Å². The SMILES string of the molecule is CCNC(c1cc(F)cc(F)c1)c1cccc(Cl)c1C. The van der Waals surface area contributed by atoms with Gasteiger partial charge in [0.15, 0.2) is 0 Å². The summed E-state index contributed by atoms with van der Waals surface area (Å²) in [5, 5.41) is 3.89. The topological polar surface area (TPSA) is 12.0 Å². The highest BCUT2D eigenvalue weighted by Crippen LogP contribution is 2.29. The molecule has 0 amide bonds. The standard InChI is InChI=1S/C16H16ClF2N/c1-3-20-16(11-7-12(18)9-13(19)8-11)14-5-4-6-15(17)10(14)2/h4-9,16,20H,3H2,1-2H3. The Morgan fingerprint density at radius 1 is 1.15 bits per heavy atom. The van der Waals surface area contributed by atoms with Gasteiger partial charge in [0.1, 0.15) is 11.6 Å². The van der Waals surface area contributed by atoms with Crippen molar-refractivity contribution in [1.29, 1.82) is 0 Å². The van der Waals surface area contributed by atoms with E-state index in [1.807, 2.05) is 26.0 Å². The Labute approximate surface area is 122 Å². The summed E-state index contributed by atoms with van der Waals surface area (Å²) in [5.74, 6) is -1.16. The van der Waals surface area contributed by atoms with E-state index in [0.717, 1.165) is 17.2 Å². The molecule has 2 rings (SSSR count). The highest BCUT2D eigenvalue weighted by atomic mass is 35.5. The van der Waals surface area contributed by atoms with Gasteiger partial charge in [-0.1, -0.05) is 30.7 Å². The Balaban J connectivity index is 2.53. The molecule has 1 unspecified atom stereocenters. The fourth-order valence-electron chi connectivity index (χ4n) is 2.29. The second-order valence-electron chi connectivity index (χ2n) is 4.65. The lowest BCUT2D eigenvalue weighted by molar-refractivity contribution is 0.565. The second-order valence-corrected chi connectivity index (χ2v) is 5.05. The van der Waals surface area contributed by atoms with Crippen LogP contribution in [0, 0.1) is 18.6 Å². The molecule has 0 radical (unpaired) electrons. The number of rotatable bonds is 4. The molecule has 0 saturated heterocycles. The zero-order valence-corrected chi connectivity index (χ0v) is 12.1. The molecular weight excluding hydrogens is 280 g/mol. The van der Waals surface area contributed by atoms with Gasteiger partial charge >= 0.3 is 0 Å². The number of hydrogen-bond acceptors (Lipinski definition) is 1. The Hall–Kier alpha value is -1.45. The first-order valence-electron chi connectivity index (χ1n) is 6.47. The molecule has 0 aliphatic heterocycles. The third kappa shape index (κ3) is 3.17. The molecule has 0 aliphatic rings. The average molecular weight is 296 g/mol. The van der Waals surface area contributed by atoms with Crippen LogP contribution in [0.3, 0.4) is 0 Å². The van der Waals surface area contributed by atoms with Crippen molar-refractivity contribution in [1.82, 2.24) is 5.32 Å². The fraction of sp³-hybridized carbons (Fsp3) is 0.250. The Bertz CT molecular complexity index is 593. The monoisotopic (exact) mass is 295 g/mol. The van der Waals surface area contributed by atoms with Crippen molar-refractivity contribution >= 4 is 11.6 Å². The van der Waals surface area contributed by atoms with Crippen LogP contribution in [0.15, 0.2) is 36.4 Å². The van der Waals surface area contributed by atoms with Gasteiger partial charge in [-0.05, 0) is 48.4 Å². The maximum absolute atomic E-state index is 13.4. The number of benzene rings is 2. The van der Waals surface area contributed by atoms with Crippen molar-refractivity contribution in [3.05, 3.63) is 69.7 Å². The molecule has 0 spiro atoms. The highest BCUT2D eigenvalue weighted by Gasteiger charge is 2.17. The van der Waals surface area contributed by atoms with Crippen molar-refractivity contribution in [2.75, 3.05) is 6.54 Å². The van der Waals surface area contributed by atoms with Gasteiger partial charge in [-0.25, -0.2) is 8.78 Å². The van der Waals surface area contributed by atoms with Crippen molar-refractivity contribution in [2.24, 2.45) is 0 Å². The highest BCUT2D eigenvalue weighted by molar-refractivity contribution is 6.31. The first-order chi connectivity index (χ1) is 9.52. The largest absolute Gasteiger partial charge is 0.307 e. The molecule has 1 atom stereocenters. The van der Waals surface area contributed by atoms with Gasteiger partial charge in [0.2, 0.25) is 0 Å². The molecular formula is C16H16ClF2N. The molecule has 0 aliphatic carbocycles. The molecule has 2 aromatic carbocycles. The fourth-order valence-corrected chi connectivity index (χ4v) is 2.47. The van der Waals surface area contributed by atoms with Gasteiger partial charge in [-0.15, -0.1) is 0 Å². The third-order valence-electron chi connectivity index (χ3n) is 3.25. The molecule has 0 heterocycles. The summed E-state index contributed by atoms with van der Waals surface area (Å²) < 4.78 is 26.9. The van der Waals surface area contributed by atoms with E-state index in [1.165, 1.54) is 12.1 Å². The minimum absolute atomic E-state index is 0.288. The maximum Gasteiger partial charge on any atom is 0.126 e. The first-order valence-corrected chi connectivity index (χ1v) is 6.85. The van der Waals surface area contributed by atoms with Crippen LogP contribution in [0.5, 0.6) is 0 Å². The van der Waals surface area contributed by atoms with Crippen LogP contribution in [-0.2, 0) is 0 Å². The number of hydrogen-bond donors (Lipinski definition) is 1. The smallest absolute Gasteiger partial charge is 0.126 e. The van der Waals surface area contributed by atoms with Gasteiger partial charge in [0.25, 0.3) is 0 Å². The van der Waals surface area contributed by atoms with Crippen LogP contribution in [0.2, 0.25) is 5.02 Å². The van der Waals surface area contributed by atoms with Crippen LogP contribution in [0.4, 0.5) is 8.78 Å². The molecule has 0 bridgehead atoms. The molecule has 20 heavy (non-hydrogen) atoms. The van der Waals surface area contributed by atoms with E-state index < -0.39 is 11.6 Å². The van der Waals surface area contributed by atoms with E-state index in [1.54, 1.807) is 6.07 Å². The predicted octanol–water partition coefficient (Wildman–Crippen LogP) is 4.63. The van der Waals surface area contributed by atoms with E-state index in [4.69, 9.17) is 11.6 Å². The lowest BCUT2D eigenvalue weighted by Crippen LogP contribution is -2.23. The lowest BCUT2D eigenvalue weighted by Gasteiger charge is -2.21.